The van der Waals surface area contributed by atoms with Crippen LogP contribution >= 0.6 is 8.01 Å². The zero-order chi connectivity index (χ0) is 22.5. The Morgan fingerprint density at radius 3 is 1.68 bits per heavy atom. The third-order valence-corrected chi connectivity index (χ3v) is 7.98. The van der Waals surface area contributed by atoms with E-state index in [1.54, 1.807) is 0 Å². The van der Waals surface area contributed by atoms with Crippen LogP contribution in [0.4, 0.5) is 0 Å². The molecular weight excluding hydrogens is 435 g/mol. The van der Waals surface area contributed by atoms with Crippen LogP contribution in [0.15, 0.2) is 112 Å². The lowest BCUT2D eigenvalue weighted by Gasteiger charge is -2.15. The fraction of sp³-hybridized carbons (Fsp3) is 0. The molecule has 0 aliphatic heterocycles. The molecule has 1 saturated carbocycles. The highest BCUT2D eigenvalue weighted by molar-refractivity contribution is 7.42. The average molecular weight is 455 g/mol. The van der Waals surface area contributed by atoms with E-state index in [1.807, 2.05) is 6.07 Å². The number of benzene rings is 5. The molecule has 1 aliphatic carbocycles. The molecule has 1 heterocycles. The molecule has 34 heavy (non-hydrogen) atoms. The molecule has 2 nitrogen and oxygen atoms in total. The quantitative estimate of drug-likeness (QED) is 0.260. The molecule has 1 aliphatic rings. The van der Waals surface area contributed by atoms with Crippen LogP contribution in [-0.4, -0.2) is 0 Å². The third kappa shape index (κ3) is 3.17. The van der Waals surface area contributed by atoms with Gasteiger partial charge in [-0.15, -0.1) is 0 Å². The van der Waals surface area contributed by atoms with Crippen LogP contribution in [0.2, 0.25) is 0 Å². The maximum Gasteiger partial charge on any atom is 0.226 e. The first-order valence-electron chi connectivity index (χ1n) is 11.4. The zero-order valence-corrected chi connectivity index (χ0v) is 19.2. The molecule has 0 N–H and O–H groups in total. The first kappa shape index (κ1) is 19.9. The van der Waals surface area contributed by atoms with Crippen molar-refractivity contribution in [2.75, 3.05) is 0 Å². The van der Waals surface area contributed by atoms with Gasteiger partial charge in [-0.3, -0.25) is 0 Å². The van der Waals surface area contributed by atoms with Crippen molar-refractivity contribution in [1.29, 1.82) is 0 Å². The van der Waals surface area contributed by atoms with E-state index in [0.29, 0.717) is 0 Å². The SMILES string of the molecule is [CH]1[CH][C](c2ccccc2)[C](p2oc3ccc4ccccc4c3c3c(ccc4ccccc43)o2)[CH]1. The Morgan fingerprint density at radius 1 is 0.500 bits per heavy atom. The summed E-state index contributed by atoms with van der Waals surface area (Å²) in [5, 5.41) is 6.92. The number of rotatable bonds is 2. The Labute approximate surface area is 199 Å². The highest BCUT2D eigenvalue weighted by atomic mass is 31.1. The second kappa shape index (κ2) is 8.08. The molecule has 5 aromatic carbocycles. The smallest absolute Gasteiger partial charge is 0.226 e. The maximum atomic E-state index is 6.75. The molecular formula is C31H20O2P. The monoisotopic (exact) mass is 455 g/mol. The molecule has 5 radical (unpaired) electrons. The van der Waals surface area contributed by atoms with E-state index in [0.717, 1.165) is 33.5 Å². The number of fused-ring (bicyclic) bond motifs is 7. The summed E-state index contributed by atoms with van der Waals surface area (Å²) in [6.45, 7) is 0. The van der Waals surface area contributed by atoms with E-state index in [2.05, 4.69) is 116 Å². The Morgan fingerprint density at radius 2 is 1.06 bits per heavy atom. The van der Waals surface area contributed by atoms with E-state index in [9.17, 15) is 0 Å². The normalized spacial score (nSPS) is 15.1. The van der Waals surface area contributed by atoms with Gasteiger partial charge in [0.1, 0.15) is 16.8 Å². The van der Waals surface area contributed by atoms with Gasteiger partial charge in [-0.2, -0.15) is 0 Å². The molecule has 3 heteroatoms. The van der Waals surface area contributed by atoms with Crippen LogP contribution in [-0.2, 0) is 0 Å². The lowest BCUT2D eigenvalue weighted by Crippen LogP contribution is -2.01. The molecule has 0 amide bonds. The molecule has 161 valence electrons. The van der Waals surface area contributed by atoms with Crippen LogP contribution in [0, 0.1) is 30.8 Å². The highest BCUT2D eigenvalue weighted by Gasteiger charge is 2.36. The van der Waals surface area contributed by atoms with Crippen molar-refractivity contribution >= 4 is 51.5 Å². The molecule has 0 unspecified atom stereocenters. The van der Waals surface area contributed by atoms with Crippen molar-refractivity contribution < 1.29 is 8.39 Å². The molecule has 0 saturated heterocycles. The minimum Gasteiger partial charge on any atom is -0.419 e. The van der Waals surface area contributed by atoms with Gasteiger partial charge < -0.3 is 8.39 Å². The van der Waals surface area contributed by atoms with E-state index in [1.165, 1.54) is 27.1 Å². The minimum atomic E-state index is -1.38. The number of hydrogen-bond donors (Lipinski definition) is 0. The zero-order valence-electron chi connectivity index (χ0n) is 18.3. The number of hydrogen-bond acceptors (Lipinski definition) is 2. The van der Waals surface area contributed by atoms with Gasteiger partial charge in [0.05, 0.1) is 0 Å². The minimum absolute atomic E-state index is 0.861. The van der Waals surface area contributed by atoms with Gasteiger partial charge in [0.2, 0.25) is 8.01 Å². The standard InChI is InChI=1S/C31H20O2P/c1-2-9-21(10-3-1)24-15-8-16-29(24)34-32-27-19-17-22-11-4-6-13-25(22)30(27)31-26-14-7-5-12-23(26)18-20-28(31)33-34/h1-20H. The van der Waals surface area contributed by atoms with Gasteiger partial charge in [-0.25, -0.2) is 0 Å². The fourth-order valence-electron chi connectivity index (χ4n) is 4.90. The summed E-state index contributed by atoms with van der Waals surface area (Å²) in [7, 11) is -1.38. The van der Waals surface area contributed by atoms with Gasteiger partial charge >= 0.3 is 0 Å². The largest absolute Gasteiger partial charge is 0.419 e. The van der Waals surface area contributed by atoms with Gasteiger partial charge in [0.15, 0.2) is 0 Å². The first-order valence-corrected chi connectivity index (χ1v) is 12.6. The van der Waals surface area contributed by atoms with Gasteiger partial charge in [0, 0.05) is 16.7 Å². The summed E-state index contributed by atoms with van der Waals surface area (Å²) in [4.78, 5) is 0. The van der Waals surface area contributed by atoms with Crippen molar-refractivity contribution in [2.24, 2.45) is 0 Å². The average Bonchev–Trinajstić information content (AvgIpc) is 3.32. The summed E-state index contributed by atoms with van der Waals surface area (Å²) in [6, 6.07) is 35.9. The second-order valence-electron chi connectivity index (χ2n) is 8.45. The summed E-state index contributed by atoms with van der Waals surface area (Å²) >= 11 is 0. The fourth-order valence-corrected chi connectivity index (χ4v) is 6.40. The van der Waals surface area contributed by atoms with Crippen molar-refractivity contribution in [3.63, 3.8) is 0 Å². The van der Waals surface area contributed by atoms with E-state index in [4.69, 9.17) is 8.39 Å². The molecule has 6 aromatic rings. The third-order valence-electron chi connectivity index (χ3n) is 6.47. The maximum absolute atomic E-state index is 6.75. The summed E-state index contributed by atoms with van der Waals surface area (Å²) in [5.41, 5.74) is 3.97. The Kier molecular flexibility index (Phi) is 4.74. The van der Waals surface area contributed by atoms with Crippen LogP contribution in [0.5, 0.6) is 0 Å². The van der Waals surface area contributed by atoms with Gasteiger partial charge in [0.25, 0.3) is 0 Å². The van der Waals surface area contributed by atoms with Gasteiger partial charge in [-0.05, 0) is 58.5 Å². The molecule has 0 bridgehead atoms. The topological polar surface area (TPSA) is 26.3 Å². The van der Waals surface area contributed by atoms with Crippen LogP contribution in [0.25, 0.3) is 43.5 Å². The van der Waals surface area contributed by atoms with Crippen molar-refractivity contribution in [3.05, 3.63) is 140 Å². The van der Waals surface area contributed by atoms with Gasteiger partial charge in [-0.1, -0.05) is 91.0 Å². The van der Waals surface area contributed by atoms with Crippen LogP contribution in [0.1, 0.15) is 5.56 Å². The van der Waals surface area contributed by atoms with Crippen LogP contribution in [0.3, 0.4) is 0 Å². The summed E-state index contributed by atoms with van der Waals surface area (Å²) < 4.78 is 13.5. The van der Waals surface area contributed by atoms with Crippen LogP contribution < -0.4 is 0 Å². The van der Waals surface area contributed by atoms with Crippen molar-refractivity contribution in [3.8, 4) is 0 Å². The molecule has 0 atom stereocenters. The molecule has 7 rings (SSSR count). The lowest BCUT2D eigenvalue weighted by molar-refractivity contribution is 0.642. The predicted octanol–water partition coefficient (Wildman–Crippen LogP) is 9.23. The second-order valence-corrected chi connectivity index (χ2v) is 9.81. The molecule has 1 fully saturated rings. The van der Waals surface area contributed by atoms with E-state index in [-0.39, 0.29) is 0 Å². The lowest BCUT2D eigenvalue weighted by atomic mass is 9.98. The summed E-state index contributed by atoms with van der Waals surface area (Å²) in [6.07, 6.45) is 6.36. The van der Waals surface area contributed by atoms with E-state index >= 15 is 0 Å². The Hall–Kier alpha value is -3.48. The summed E-state index contributed by atoms with van der Waals surface area (Å²) in [5.74, 6) is 1.15. The van der Waals surface area contributed by atoms with E-state index < -0.39 is 8.01 Å². The van der Waals surface area contributed by atoms with Crippen molar-refractivity contribution in [1.82, 2.24) is 0 Å². The first-order chi connectivity index (χ1) is 16.9. The Balaban J connectivity index is 1.60. The highest BCUT2D eigenvalue weighted by Crippen LogP contribution is 2.55. The Bertz CT molecular complexity index is 1600. The predicted molar refractivity (Wildman–Crippen MR) is 142 cm³/mol. The molecule has 0 spiro atoms. The molecule has 1 aromatic heterocycles. The van der Waals surface area contributed by atoms with Crippen molar-refractivity contribution in [2.45, 2.75) is 0 Å².